The molecule has 3 nitrogen and oxygen atoms in total. The number of carbonyl (C=O) groups is 1. The highest BCUT2D eigenvalue weighted by Gasteiger charge is 2.29. The summed E-state index contributed by atoms with van der Waals surface area (Å²) in [7, 11) is 0. The maximum Gasteiger partial charge on any atom is 0.227 e. The third-order valence-electron chi connectivity index (χ3n) is 3.66. The Morgan fingerprint density at radius 2 is 1.94 bits per heavy atom. The summed E-state index contributed by atoms with van der Waals surface area (Å²) in [5.41, 5.74) is 6.61. The number of rotatable bonds is 3. The first kappa shape index (κ1) is 13.6. The first-order valence-corrected chi connectivity index (χ1v) is 7.26. The Morgan fingerprint density at radius 3 is 2.61 bits per heavy atom. The van der Waals surface area contributed by atoms with Crippen molar-refractivity contribution in [2.45, 2.75) is 25.7 Å². The van der Waals surface area contributed by atoms with Gasteiger partial charge in [0.25, 0.3) is 0 Å². The van der Waals surface area contributed by atoms with E-state index in [-0.39, 0.29) is 11.8 Å². The van der Waals surface area contributed by atoms with Gasteiger partial charge in [0.15, 0.2) is 0 Å². The number of nitrogens with one attached hydrogen (secondary N) is 1. The van der Waals surface area contributed by atoms with E-state index in [2.05, 4.69) is 21.2 Å². The number of halogens is 1. The number of amides is 1. The van der Waals surface area contributed by atoms with Crippen LogP contribution in [0.1, 0.15) is 25.7 Å². The summed E-state index contributed by atoms with van der Waals surface area (Å²) in [6.07, 6.45) is 4.37. The van der Waals surface area contributed by atoms with E-state index in [1.165, 1.54) is 6.42 Å². The lowest BCUT2D eigenvalue weighted by Gasteiger charge is -2.29. The molecule has 1 fully saturated rings. The highest BCUT2D eigenvalue weighted by Crippen LogP contribution is 2.30. The van der Waals surface area contributed by atoms with E-state index in [0.29, 0.717) is 12.5 Å². The van der Waals surface area contributed by atoms with Crippen LogP contribution >= 0.6 is 15.9 Å². The van der Waals surface area contributed by atoms with Crippen molar-refractivity contribution in [3.8, 4) is 0 Å². The number of nitrogens with two attached hydrogens (primary N) is 1. The number of carbonyl (C=O) groups excluding carboxylic acids is 1. The number of anilines is 1. The van der Waals surface area contributed by atoms with Gasteiger partial charge >= 0.3 is 0 Å². The molecule has 18 heavy (non-hydrogen) atoms. The normalized spacial score (nSPS) is 23.7. The first-order chi connectivity index (χ1) is 8.70. The Bertz CT molecular complexity index is 405. The Kier molecular flexibility index (Phi) is 4.78. The van der Waals surface area contributed by atoms with E-state index >= 15 is 0 Å². The van der Waals surface area contributed by atoms with Crippen molar-refractivity contribution in [3.05, 3.63) is 28.7 Å². The molecule has 0 bridgehead atoms. The van der Waals surface area contributed by atoms with Crippen molar-refractivity contribution in [1.82, 2.24) is 0 Å². The van der Waals surface area contributed by atoms with Crippen LogP contribution in [0.2, 0.25) is 0 Å². The topological polar surface area (TPSA) is 55.1 Å². The van der Waals surface area contributed by atoms with Gasteiger partial charge in [-0.3, -0.25) is 4.79 Å². The number of hydrogen-bond acceptors (Lipinski definition) is 2. The van der Waals surface area contributed by atoms with Gasteiger partial charge in [-0.2, -0.15) is 0 Å². The van der Waals surface area contributed by atoms with Gasteiger partial charge in [0.2, 0.25) is 5.91 Å². The summed E-state index contributed by atoms with van der Waals surface area (Å²) in [4.78, 5) is 12.2. The van der Waals surface area contributed by atoms with Crippen molar-refractivity contribution in [2.24, 2.45) is 17.6 Å². The SMILES string of the molecule is NCC1CCCCC1C(=O)Nc1ccc(Br)cc1. The molecule has 0 radical (unpaired) electrons. The molecule has 1 saturated carbocycles. The molecular formula is C14H19BrN2O. The molecule has 98 valence electrons. The molecular weight excluding hydrogens is 292 g/mol. The minimum atomic E-state index is 0.0763. The Morgan fingerprint density at radius 1 is 1.28 bits per heavy atom. The van der Waals surface area contributed by atoms with Gasteiger partial charge in [-0.15, -0.1) is 0 Å². The monoisotopic (exact) mass is 310 g/mol. The van der Waals surface area contributed by atoms with Gasteiger partial charge in [-0.1, -0.05) is 28.8 Å². The van der Waals surface area contributed by atoms with Crippen molar-refractivity contribution < 1.29 is 4.79 Å². The van der Waals surface area contributed by atoms with E-state index in [1.807, 2.05) is 24.3 Å². The molecule has 1 amide bonds. The summed E-state index contributed by atoms with van der Waals surface area (Å²) >= 11 is 3.38. The lowest BCUT2D eigenvalue weighted by atomic mass is 9.78. The molecule has 4 heteroatoms. The van der Waals surface area contributed by atoms with Gasteiger partial charge in [0.05, 0.1) is 0 Å². The third-order valence-corrected chi connectivity index (χ3v) is 4.19. The second-order valence-electron chi connectivity index (χ2n) is 4.88. The molecule has 0 spiro atoms. The van der Waals surface area contributed by atoms with E-state index in [0.717, 1.165) is 29.4 Å². The van der Waals surface area contributed by atoms with E-state index in [9.17, 15) is 4.79 Å². The zero-order chi connectivity index (χ0) is 13.0. The fourth-order valence-electron chi connectivity index (χ4n) is 2.60. The molecule has 2 atom stereocenters. The fraction of sp³-hybridized carbons (Fsp3) is 0.500. The molecule has 1 aliphatic rings. The lowest BCUT2D eigenvalue weighted by Crippen LogP contribution is -2.35. The highest BCUT2D eigenvalue weighted by atomic mass is 79.9. The van der Waals surface area contributed by atoms with Crippen LogP contribution in [0.25, 0.3) is 0 Å². The molecule has 1 aromatic carbocycles. The molecule has 1 aliphatic carbocycles. The second kappa shape index (κ2) is 6.34. The van der Waals surface area contributed by atoms with Crippen molar-refractivity contribution in [3.63, 3.8) is 0 Å². The van der Waals surface area contributed by atoms with Crippen LogP contribution in [-0.2, 0) is 4.79 Å². The fourth-order valence-corrected chi connectivity index (χ4v) is 2.87. The summed E-state index contributed by atoms with van der Waals surface area (Å²) in [6.45, 7) is 0.610. The zero-order valence-electron chi connectivity index (χ0n) is 10.4. The molecule has 2 unspecified atom stereocenters. The van der Waals surface area contributed by atoms with Crippen LogP contribution in [0.3, 0.4) is 0 Å². The summed E-state index contributed by atoms with van der Waals surface area (Å²) in [5, 5.41) is 2.99. The molecule has 0 aromatic heterocycles. The van der Waals surface area contributed by atoms with Crippen LogP contribution in [0, 0.1) is 11.8 Å². The summed E-state index contributed by atoms with van der Waals surface area (Å²) < 4.78 is 1.01. The van der Waals surface area contributed by atoms with E-state index in [4.69, 9.17) is 5.73 Å². The van der Waals surface area contributed by atoms with Crippen LogP contribution in [0.15, 0.2) is 28.7 Å². The summed E-state index contributed by atoms with van der Waals surface area (Å²) in [6, 6.07) is 7.67. The Labute approximate surface area is 116 Å². The van der Waals surface area contributed by atoms with Gasteiger partial charge in [-0.05, 0) is 49.6 Å². The zero-order valence-corrected chi connectivity index (χ0v) is 11.9. The van der Waals surface area contributed by atoms with E-state index < -0.39 is 0 Å². The van der Waals surface area contributed by atoms with Crippen LogP contribution in [0.4, 0.5) is 5.69 Å². The molecule has 0 heterocycles. The van der Waals surface area contributed by atoms with Crippen LogP contribution < -0.4 is 11.1 Å². The smallest absolute Gasteiger partial charge is 0.227 e. The van der Waals surface area contributed by atoms with Crippen LogP contribution in [0.5, 0.6) is 0 Å². The van der Waals surface area contributed by atoms with E-state index in [1.54, 1.807) is 0 Å². The quantitative estimate of drug-likeness (QED) is 0.901. The minimum absolute atomic E-state index is 0.0763. The number of hydrogen-bond donors (Lipinski definition) is 2. The van der Waals surface area contributed by atoms with Crippen molar-refractivity contribution in [2.75, 3.05) is 11.9 Å². The average molecular weight is 311 g/mol. The maximum atomic E-state index is 12.2. The Balaban J connectivity index is 2.00. The minimum Gasteiger partial charge on any atom is -0.330 e. The predicted molar refractivity (Wildman–Crippen MR) is 77.3 cm³/mol. The van der Waals surface area contributed by atoms with Gasteiger partial charge < -0.3 is 11.1 Å². The average Bonchev–Trinajstić information content (AvgIpc) is 2.41. The molecule has 2 rings (SSSR count). The van der Waals surface area contributed by atoms with Gasteiger partial charge in [0.1, 0.15) is 0 Å². The largest absolute Gasteiger partial charge is 0.330 e. The summed E-state index contributed by atoms with van der Waals surface area (Å²) in [5.74, 6) is 0.536. The standard InChI is InChI=1S/C14H19BrN2O/c15-11-5-7-12(8-6-11)17-14(18)13-4-2-1-3-10(13)9-16/h5-8,10,13H,1-4,9,16H2,(H,17,18). The first-order valence-electron chi connectivity index (χ1n) is 6.47. The maximum absolute atomic E-state index is 12.2. The van der Waals surface area contributed by atoms with Gasteiger partial charge in [-0.25, -0.2) is 0 Å². The highest BCUT2D eigenvalue weighted by molar-refractivity contribution is 9.10. The van der Waals surface area contributed by atoms with Crippen molar-refractivity contribution >= 4 is 27.5 Å². The Hall–Kier alpha value is -0.870. The molecule has 3 N–H and O–H groups in total. The second-order valence-corrected chi connectivity index (χ2v) is 5.80. The van der Waals surface area contributed by atoms with Crippen LogP contribution in [-0.4, -0.2) is 12.5 Å². The molecule has 0 saturated heterocycles. The molecule has 1 aromatic rings. The lowest BCUT2D eigenvalue weighted by molar-refractivity contribution is -0.122. The third kappa shape index (κ3) is 3.33. The molecule has 0 aliphatic heterocycles. The van der Waals surface area contributed by atoms with Gasteiger partial charge in [0, 0.05) is 16.1 Å². The predicted octanol–water partition coefficient (Wildman–Crippen LogP) is 3.15. The number of benzene rings is 1. The van der Waals surface area contributed by atoms with Crippen molar-refractivity contribution in [1.29, 1.82) is 0 Å².